The third kappa shape index (κ3) is 3.84. The highest BCUT2D eigenvalue weighted by molar-refractivity contribution is 7.98. The molecule has 0 aliphatic heterocycles. The summed E-state index contributed by atoms with van der Waals surface area (Å²) in [6, 6.07) is 8.45. The van der Waals surface area contributed by atoms with Crippen LogP contribution in [-0.2, 0) is 5.75 Å². The molecule has 4 nitrogen and oxygen atoms in total. The number of aryl methyl sites for hydroxylation is 1. The van der Waals surface area contributed by atoms with Crippen molar-refractivity contribution in [1.29, 1.82) is 0 Å². The van der Waals surface area contributed by atoms with Gasteiger partial charge in [0.05, 0.1) is 11.7 Å². The maximum Gasteiger partial charge on any atom is 0.231 e. The Balaban J connectivity index is 1.97. The summed E-state index contributed by atoms with van der Waals surface area (Å²) in [5.74, 6) is 2.23. The van der Waals surface area contributed by atoms with Crippen molar-refractivity contribution in [3.8, 4) is 0 Å². The van der Waals surface area contributed by atoms with E-state index in [1.807, 2.05) is 6.92 Å². The first-order valence-electron chi connectivity index (χ1n) is 6.87. The summed E-state index contributed by atoms with van der Waals surface area (Å²) < 4.78 is 5.33. The molecule has 0 fully saturated rings. The Hall–Kier alpha value is -1.33. The zero-order valence-electron chi connectivity index (χ0n) is 12.2. The number of thioether (sulfide) groups is 1. The number of nitrogens with two attached hydrogens (primary N) is 1. The Morgan fingerprint density at radius 3 is 2.60 bits per heavy atom. The molecule has 0 aliphatic rings. The van der Waals surface area contributed by atoms with E-state index in [0.717, 1.165) is 12.2 Å². The predicted molar refractivity (Wildman–Crippen MR) is 81.7 cm³/mol. The average Bonchev–Trinajstić information content (AvgIpc) is 2.87. The molecule has 1 aromatic heterocycles. The molecule has 2 atom stereocenters. The smallest absolute Gasteiger partial charge is 0.231 e. The minimum absolute atomic E-state index is 0.0260. The van der Waals surface area contributed by atoms with E-state index in [-0.39, 0.29) is 12.0 Å². The van der Waals surface area contributed by atoms with Crippen LogP contribution in [0.4, 0.5) is 0 Å². The van der Waals surface area contributed by atoms with Crippen LogP contribution in [0.15, 0.2) is 33.7 Å². The molecule has 0 amide bonds. The Morgan fingerprint density at radius 2 is 2.00 bits per heavy atom. The zero-order chi connectivity index (χ0) is 14.5. The molecule has 5 heteroatoms. The van der Waals surface area contributed by atoms with Crippen molar-refractivity contribution in [2.24, 2.45) is 5.73 Å². The van der Waals surface area contributed by atoms with Crippen molar-refractivity contribution < 1.29 is 4.52 Å². The Bertz CT molecular complexity index is 536. The van der Waals surface area contributed by atoms with Gasteiger partial charge in [0.2, 0.25) is 5.89 Å². The Kier molecular flexibility index (Phi) is 5.20. The highest BCUT2D eigenvalue weighted by Gasteiger charge is 2.20. The van der Waals surface area contributed by atoms with Gasteiger partial charge < -0.3 is 10.3 Å². The lowest BCUT2D eigenvalue weighted by Crippen LogP contribution is -2.24. The maximum atomic E-state index is 5.93. The minimum Gasteiger partial charge on any atom is -0.339 e. The fourth-order valence-corrected chi connectivity index (χ4v) is 2.77. The van der Waals surface area contributed by atoms with Gasteiger partial charge >= 0.3 is 0 Å². The molecule has 2 rings (SSSR count). The van der Waals surface area contributed by atoms with Crippen molar-refractivity contribution in [3.05, 3.63) is 41.5 Å². The SMILES string of the molecule is CCC(c1nc(CSc2ccc(C)cc2)no1)C(C)N. The molecule has 2 aromatic rings. The van der Waals surface area contributed by atoms with Gasteiger partial charge in [-0.05, 0) is 32.4 Å². The van der Waals surface area contributed by atoms with Gasteiger partial charge in [0, 0.05) is 10.9 Å². The van der Waals surface area contributed by atoms with Gasteiger partial charge in [-0.3, -0.25) is 0 Å². The number of aromatic nitrogens is 2. The summed E-state index contributed by atoms with van der Waals surface area (Å²) in [4.78, 5) is 5.67. The van der Waals surface area contributed by atoms with Crippen molar-refractivity contribution in [2.75, 3.05) is 0 Å². The first kappa shape index (κ1) is 15.1. The highest BCUT2D eigenvalue weighted by atomic mass is 32.2. The largest absolute Gasteiger partial charge is 0.339 e. The molecular weight excluding hydrogens is 270 g/mol. The molecule has 2 unspecified atom stereocenters. The summed E-state index contributed by atoms with van der Waals surface area (Å²) in [6.45, 7) is 6.14. The van der Waals surface area contributed by atoms with Crippen LogP contribution in [0.25, 0.3) is 0 Å². The van der Waals surface area contributed by atoms with Gasteiger partial charge in [0.15, 0.2) is 5.82 Å². The van der Waals surface area contributed by atoms with E-state index in [9.17, 15) is 0 Å². The number of rotatable bonds is 6. The fourth-order valence-electron chi connectivity index (χ4n) is 2.03. The lowest BCUT2D eigenvalue weighted by molar-refractivity contribution is 0.331. The maximum absolute atomic E-state index is 5.93. The van der Waals surface area contributed by atoms with E-state index in [4.69, 9.17) is 10.3 Å². The van der Waals surface area contributed by atoms with Crippen LogP contribution in [0, 0.1) is 6.92 Å². The number of hydrogen-bond acceptors (Lipinski definition) is 5. The van der Waals surface area contributed by atoms with Gasteiger partial charge in [-0.1, -0.05) is 29.8 Å². The van der Waals surface area contributed by atoms with Crippen LogP contribution in [-0.4, -0.2) is 16.2 Å². The van der Waals surface area contributed by atoms with Crippen LogP contribution in [0.5, 0.6) is 0 Å². The van der Waals surface area contributed by atoms with Gasteiger partial charge in [0.1, 0.15) is 0 Å². The Labute approximate surface area is 124 Å². The standard InChI is InChI=1S/C15H21N3OS/c1-4-13(11(3)16)15-17-14(18-19-15)9-20-12-7-5-10(2)6-8-12/h5-8,11,13H,4,9,16H2,1-3H3. The predicted octanol–water partition coefficient (Wildman–Crippen LogP) is 3.51. The molecule has 0 aliphatic carbocycles. The van der Waals surface area contributed by atoms with Crippen LogP contribution in [0.3, 0.4) is 0 Å². The van der Waals surface area contributed by atoms with E-state index in [1.165, 1.54) is 10.5 Å². The van der Waals surface area contributed by atoms with Crippen LogP contribution in [0.2, 0.25) is 0 Å². The van der Waals surface area contributed by atoms with Crippen molar-refractivity contribution in [1.82, 2.24) is 10.1 Å². The van der Waals surface area contributed by atoms with E-state index in [1.54, 1.807) is 11.8 Å². The first-order chi connectivity index (χ1) is 9.60. The second-order valence-electron chi connectivity index (χ2n) is 5.02. The van der Waals surface area contributed by atoms with E-state index < -0.39 is 0 Å². The number of nitrogens with zero attached hydrogens (tertiary/aromatic N) is 2. The summed E-state index contributed by atoms with van der Waals surface area (Å²) in [6.07, 6.45) is 0.907. The minimum atomic E-state index is 0.0260. The fraction of sp³-hybridized carbons (Fsp3) is 0.467. The van der Waals surface area contributed by atoms with E-state index in [2.05, 4.69) is 48.3 Å². The summed E-state index contributed by atoms with van der Waals surface area (Å²) in [7, 11) is 0. The van der Waals surface area contributed by atoms with Crippen molar-refractivity contribution in [2.45, 2.75) is 49.8 Å². The second-order valence-corrected chi connectivity index (χ2v) is 6.07. The van der Waals surface area contributed by atoms with Gasteiger partial charge in [0.25, 0.3) is 0 Å². The molecule has 2 N–H and O–H groups in total. The number of hydrogen-bond donors (Lipinski definition) is 1. The van der Waals surface area contributed by atoms with Gasteiger partial charge in [-0.2, -0.15) is 4.98 Å². The monoisotopic (exact) mass is 291 g/mol. The van der Waals surface area contributed by atoms with Gasteiger partial charge in [-0.25, -0.2) is 0 Å². The lowest BCUT2D eigenvalue weighted by Gasteiger charge is -2.13. The molecule has 0 spiro atoms. The quantitative estimate of drug-likeness (QED) is 0.825. The molecule has 0 bridgehead atoms. The summed E-state index contributed by atoms with van der Waals surface area (Å²) >= 11 is 1.71. The van der Waals surface area contributed by atoms with Gasteiger partial charge in [-0.15, -0.1) is 11.8 Å². The molecule has 1 aromatic carbocycles. The van der Waals surface area contributed by atoms with Crippen LogP contribution in [0.1, 0.15) is 43.5 Å². The average molecular weight is 291 g/mol. The summed E-state index contributed by atoms with van der Waals surface area (Å²) in [5, 5.41) is 4.04. The molecule has 1 heterocycles. The third-order valence-electron chi connectivity index (χ3n) is 3.26. The molecule has 20 heavy (non-hydrogen) atoms. The number of benzene rings is 1. The normalized spacial score (nSPS) is 14.2. The zero-order valence-corrected chi connectivity index (χ0v) is 13.0. The molecule has 0 saturated carbocycles. The topological polar surface area (TPSA) is 64.9 Å². The summed E-state index contributed by atoms with van der Waals surface area (Å²) in [5.41, 5.74) is 7.20. The van der Waals surface area contributed by atoms with E-state index in [0.29, 0.717) is 11.6 Å². The Morgan fingerprint density at radius 1 is 1.30 bits per heavy atom. The lowest BCUT2D eigenvalue weighted by atomic mass is 9.99. The molecule has 108 valence electrons. The van der Waals surface area contributed by atoms with Crippen molar-refractivity contribution in [3.63, 3.8) is 0 Å². The van der Waals surface area contributed by atoms with Crippen LogP contribution >= 0.6 is 11.8 Å². The molecular formula is C15H21N3OS. The highest BCUT2D eigenvalue weighted by Crippen LogP contribution is 2.24. The van der Waals surface area contributed by atoms with Crippen LogP contribution < -0.4 is 5.73 Å². The molecule has 0 radical (unpaired) electrons. The first-order valence-corrected chi connectivity index (χ1v) is 7.86. The second kappa shape index (κ2) is 6.90. The van der Waals surface area contributed by atoms with Crippen molar-refractivity contribution >= 4 is 11.8 Å². The molecule has 0 saturated heterocycles. The third-order valence-corrected chi connectivity index (χ3v) is 4.27. The van der Waals surface area contributed by atoms with E-state index >= 15 is 0 Å².